The number of fused-ring (bicyclic) bond motifs is 1. The summed E-state index contributed by atoms with van der Waals surface area (Å²) in [6.07, 6.45) is 1.85. The van der Waals surface area contributed by atoms with E-state index in [4.69, 9.17) is 4.74 Å². The van der Waals surface area contributed by atoms with Gasteiger partial charge in [-0.25, -0.2) is 9.79 Å². The van der Waals surface area contributed by atoms with Gasteiger partial charge in [-0.3, -0.25) is 9.36 Å². The van der Waals surface area contributed by atoms with Crippen LogP contribution in [0.15, 0.2) is 97.6 Å². The Labute approximate surface area is 212 Å². The predicted molar refractivity (Wildman–Crippen MR) is 138 cm³/mol. The van der Waals surface area contributed by atoms with Crippen LogP contribution in [0.1, 0.15) is 29.0 Å². The van der Waals surface area contributed by atoms with E-state index in [1.807, 2.05) is 78.2 Å². The molecular formula is C26H19BrN2O3S2. The number of esters is 1. The average Bonchev–Trinajstić information content (AvgIpc) is 3.46. The van der Waals surface area contributed by atoms with Crippen LogP contribution in [-0.4, -0.2) is 10.5 Å². The summed E-state index contributed by atoms with van der Waals surface area (Å²) in [6, 6.07) is 20.6. The molecular weight excluding hydrogens is 532 g/mol. The standard InChI is InChI=1S/C26H19BrN2O3S2/c1-16-22(25(31)32-15-17-7-3-2-4-8-17)23(20-11-6-12-33-20)29-24(30)21(34-26(29)28-16)14-18-9-5-10-19(27)13-18/h2-14,23H,15H2,1H3. The number of halogens is 1. The van der Waals surface area contributed by atoms with Crippen molar-refractivity contribution in [3.63, 3.8) is 0 Å². The molecule has 5 rings (SSSR count). The Bertz CT molecular complexity index is 1570. The van der Waals surface area contributed by atoms with Gasteiger partial charge in [0.25, 0.3) is 5.56 Å². The van der Waals surface area contributed by atoms with E-state index in [-0.39, 0.29) is 12.2 Å². The molecule has 1 unspecified atom stereocenters. The van der Waals surface area contributed by atoms with E-state index in [1.54, 1.807) is 11.5 Å². The SMILES string of the molecule is CC1=C(C(=O)OCc2ccccc2)C(c2cccs2)n2c(sc(=Cc3cccc(Br)c3)c2=O)=N1. The fraction of sp³-hybridized carbons (Fsp3) is 0.115. The van der Waals surface area contributed by atoms with Crippen LogP contribution in [-0.2, 0) is 16.1 Å². The van der Waals surface area contributed by atoms with Gasteiger partial charge in [0.1, 0.15) is 12.6 Å². The minimum Gasteiger partial charge on any atom is -0.457 e. The van der Waals surface area contributed by atoms with Crippen LogP contribution in [0.5, 0.6) is 0 Å². The second-order valence-electron chi connectivity index (χ2n) is 7.71. The number of rotatable bonds is 5. The molecule has 0 amide bonds. The summed E-state index contributed by atoms with van der Waals surface area (Å²) >= 11 is 6.30. The van der Waals surface area contributed by atoms with Gasteiger partial charge in [-0.15, -0.1) is 11.3 Å². The lowest BCUT2D eigenvalue weighted by molar-refractivity contribution is -0.140. The Morgan fingerprint density at radius 1 is 1.15 bits per heavy atom. The topological polar surface area (TPSA) is 60.7 Å². The van der Waals surface area contributed by atoms with Crippen molar-refractivity contribution in [2.24, 2.45) is 4.99 Å². The van der Waals surface area contributed by atoms with E-state index < -0.39 is 12.0 Å². The van der Waals surface area contributed by atoms with E-state index >= 15 is 0 Å². The van der Waals surface area contributed by atoms with E-state index in [0.717, 1.165) is 20.5 Å². The fourth-order valence-electron chi connectivity index (χ4n) is 3.85. The van der Waals surface area contributed by atoms with Gasteiger partial charge < -0.3 is 4.74 Å². The fourth-order valence-corrected chi connectivity index (χ4v) is 6.13. The third-order valence-corrected chi connectivity index (χ3v) is 7.81. The molecule has 0 saturated heterocycles. The lowest BCUT2D eigenvalue weighted by Gasteiger charge is -2.23. The number of ether oxygens (including phenoxy) is 1. The van der Waals surface area contributed by atoms with Gasteiger partial charge in [0, 0.05) is 9.35 Å². The molecule has 4 aromatic rings. The molecule has 0 radical (unpaired) electrons. The highest BCUT2D eigenvalue weighted by atomic mass is 79.9. The van der Waals surface area contributed by atoms with Crippen LogP contribution in [0.25, 0.3) is 6.08 Å². The summed E-state index contributed by atoms with van der Waals surface area (Å²) in [5.41, 5.74) is 2.58. The number of carbonyl (C=O) groups is 1. The molecule has 3 heterocycles. The molecule has 0 spiro atoms. The van der Waals surface area contributed by atoms with Crippen molar-refractivity contribution < 1.29 is 9.53 Å². The first-order chi connectivity index (χ1) is 16.5. The lowest BCUT2D eigenvalue weighted by Crippen LogP contribution is -2.39. The number of aromatic nitrogens is 1. The molecule has 0 saturated carbocycles. The van der Waals surface area contributed by atoms with E-state index in [1.165, 1.54) is 22.7 Å². The highest BCUT2D eigenvalue weighted by Crippen LogP contribution is 2.33. The lowest BCUT2D eigenvalue weighted by atomic mass is 10.0. The van der Waals surface area contributed by atoms with Crippen LogP contribution < -0.4 is 14.9 Å². The van der Waals surface area contributed by atoms with Gasteiger partial charge in [-0.1, -0.05) is 75.8 Å². The summed E-state index contributed by atoms with van der Waals surface area (Å²) in [4.78, 5) is 32.9. The Balaban J connectivity index is 1.59. The quantitative estimate of drug-likeness (QED) is 0.335. The zero-order chi connectivity index (χ0) is 23.7. The molecule has 0 fully saturated rings. The molecule has 2 aromatic carbocycles. The van der Waals surface area contributed by atoms with Gasteiger partial charge in [0.05, 0.1) is 15.8 Å². The van der Waals surface area contributed by atoms with Crippen LogP contribution in [0.3, 0.4) is 0 Å². The average molecular weight is 551 g/mol. The zero-order valence-corrected chi connectivity index (χ0v) is 21.3. The monoisotopic (exact) mass is 550 g/mol. The summed E-state index contributed by atoms with van der Waals surface area (Å²) in [5, 5.41) is 1.94. The third kappa shape index (κ3) is 4.49. The summed E-state index contributed by atoms with van der Waals surface area (Å²) in [5.74, 6) is -0.468. The van der Waals surface area contributed by atoms with Crippen molar-refractivity contribution in [3.05, 3.63) is 124 Å². The summed E-state index contributed by atoms with van der Waals surface area (Å²) < 4.78 is 8.77. The van der Waals surface area contributed by atoms with Gasteiger partial charge in [-0.2, -0.15) is 0 Å². The van der Waals surface area contributed by atoms with Crippen molar-refractivity contribution in [2.45, 2.75) is 19.6 Å². The van der Waals surface area contributed by atoms with E-state index in [0.29, 0.717) is 20.6 Å². The molecule has 0 bridgehead atoms. The number of allylic oxidation sites excluding steroid dienone is 1. The molecule has 8 heteroatoms. The number of benzene rings is 2. The van der Waals surface area contributed by atoms with E-state index in [9.17, 15) is 9.59 Å². The van der Waals surface area contributed by atoms with Crippen LogP contribution in [0.4, 0.5) is 0 Å². The maximum absolute atomic E-state index is 13.6. The maximum atomic E-state index is 13.6. The highest BCUT2D eigenvalue weighted by Gasteiger charge is 2.34. The van der Waals surface area contributed by atoms with Gasteiger partial charge in [-0.05, 0) is 47.7 Å². The van der Waals surface area contributed by atoms with E-state index in [2.05, 4.69) is 20.9 Å². The van der Waals surface area contributed by atoms with Gasteiger partial charge in [0.2, 0.25) is 0 Å². The molecule has 34 heavy (non-hydrogen) atoms. The first kappa shape index (κ1) is 22.7. The molecule has 1 atom stereocenters. The van der Waals surface area contributed by atoms with Crippen molar-refractivity contribution in [2.75, 3.05) is 0 Å². The van der Waals surface area contributed by atoms with Crippen LogP contribution >= 0.6 is 38.6 Å². The largest absolute Gasteiger partial charge is 0.457 e. The highest BCUT2D eigenvalue weighted by molar-refractivity contribution is 9.10. The Morgan fingerprint density at radius 2 is 1.97 bits per heavy atom. The van der Waals surface area contributed by atoms with Gasteiger partial charge >= 0.3 is 5.97 Å². The number of thiazole rings is 1. The predicted octanol–water partition coefficient (Wildman–Crippen LogP) is 4.80. The van der Waals surface area contributed by atoms with Crippen molar-refractivity contribution in [1.29, 1.82) is 0 Å². The minimum absolute atomic E-state index is 0.154. The second kappa shape index (κ2) is 9.66. The second-order valence-corrected chi connectivity index (χ2v) is 10.6. The summed E-state index contributed by atoms with van der Waals surface area (Å²) in [7, 11) is 0. The number of hydrogen-bond acceptors (Lipinski definition) is 6. The maximum Gasteiger partial charge on any atom is 0.338 e. The Hall–Kier alpha value is -3.07. The third-order valence-electron chi connectivity index (χ3n) is 5.41. The smallest absolute Gasteiger partial charge is 0.338 e. The van der Waals surface area contributed by atoms with Crippen LogP contribution in [0.2, 0.25) is 0 Å². The molecule has 170 valence electrons. The number of thiophene rings is 1. The zero-order valence-electron chi connectivity index (χ0n) is 18.1. The Morgan fingerprint density at radius 3 is 2.71 bits per heavy atom. The van der Waals surface area contributed by atoms with Gasteiger partial charge in [0.15, 0.2) is 4.80 Å². The first-order valence-corrected chi connectivity index (χ1v) is 13.0. The normalized spacial score (nSPS) is 15.7. The molecule has 2 aromatic heterocycles. The number of hydrogen-bond donors (Lipinski definition) is 0. The van der Waals surface area contributed by atoms with Crippen molar-refractivity contribution in [1.82, 2.24) is 4.57 Å². The first-order valence-electron chi connectivity index (χ1n) is 10.5. The van der Waals surface area contributed by atoms with Crippen LogP contribution in [0, 0.1) is 0 Å². The Kier molecular flexibility index (Phi) is 6.45. The molecule has 1 aliphatic rings. The molecule has 5 nitrogen and oxygen atoms in total. The summed E-state index contributed by atoms with van der Waals surface area (Å²) in [6.45, 7) is 1.95. The van der Waals surface area contributed by atoms with Crippen molar-refractivity contribution in [3.8, 4) is 0 Å². The minimum atomic E-state index is -0.579. The number of carbonyl (C=O) groups excluding carboxylic acids is 1. The van der Waals surface area contributed by atoms with Crippen molar-refractivity contribution >= 4 is 50.6 Å². The molecule has 1 aliphatic heterocycles. The number of nitrogens with zero attached hydrogens (tertiary/aromatic N) is 2. The molecule has 0 N–H and O–H groups in total. The molecule has 0 aliphatic carbocycles.